The molecule has 0 aromatic rings. The molecule has 2 atom stereocenters. The molecule has 56 heavy (non-hydrogen) atoms. The predicted molar refractivity (Wildman–Crippen MR) is 233 cm³/mol. The zero-order chi connectivity index (χ0) is 41.4. The highest BCUT2D eigenvalue weighted by molar-refractivity contribution is 7.47. The molecule has 0 rings (SSSR count). The Bertz CT molecular complexity index is 1180. The van der Waals surface area contributed by atoms with E-state index in [4.69, 9.17) is 18.5 Å². The SMILES string of the molecule is CCCCC/C=C/C/C=C/C/C=C/C/C=C/CCCC(=O)O[C@H](COC(=O)/C=C/C=C/CCCCCCCCCCCCC)COP(=O)(O)OCC[N+](C)(C)C. The molecule has 10 heteroatoms. The number of hydrogen-bond acceptors (Lipinski definition) is 7. The van der Waals surface area contributed by atoms with E-state index in [1.807, 2.05) is 39.4 Å². The van der Waals surface area contributed by atoms with Crippen molar-refractivity contribution in [1.29, 1.82) is 0 Å². The number of ether oxygens (including phenoxy) is 2. The first kappa shape index (κ1) is 53.5. The highest BCUT2D eigenvalue weighted by Crippen LogP contribution is 2.43. The number of rotatable bonds is 38. The summed E-state index contributed by atoms with van der Waals surface area (Å²) in [6.45, 7) is 4.18. The number of likely N-dealkylation sites (N-methyl/N-ethyl adjacent to an activating group) is 1. The van der Waals surface area contributed by atoms with Gasteiger partial charge in [-0.25, -0.2) is 9.36 Å². The maximum atomic E-state index is 12.6. The largest absolute Gasteiger partial charge is 0.472 e. The molecule has 1 N–H and O–H groups in total. The second-order valence-electron chi connectivity index (χ2n) is 15.4. The van der Waals surface area contributed by atoms with E-state index in [0.717, 1.165) is 32.1 Å². The fraction of sp³-hybridized carbons (Fsp3) is 0.696. The van der Waals surface area contributed by atoms with Crippen LogP contribution >= 0.6 is 7.82 Å². The molecule has 322 valence electrons. The predicted octanol–water partition coefficient (Wildman–Crippen LogP) is 12.2. The van der Waals surface area contributed by atoms with Crippen molar-refractivity contribution in [3.8, 4) is 0 Å². The molecule has 0 aliphatic carbocycles. The van der Waals surface area contributed by atoms with Crippen LogP contribution in [0.2, 0.25) is 0 Å². The summed E-state index contributed by atoms with van der Waals surface area (Å²) in [5, 5.41) is 0. The zero-order valence-electron chi connectivity index (χ0n) is 36.1. The van der Waals surface area contributed by atoms with E-state index < -0.39 is 32.5 Å². The first-order valence-electron chi connectivity index (χ1n) is 21.7. The summed E-state index contributed by atoms with van der Waals surface area (Å²) in [5.41, 5.74) is 0. The Morgan fingerprint density at radius 2 is 1.09 bits per heavy atom. The van der Waals surface area contributed by atoms with Gasteiger partial charge in [0.25, 0.3) is 0 Å². The van der Waals surface area contributed by atoms with E-state index in [1.54, 1.807) is 6.08 Å². The third-order valence-electron chi connectivity index (χ3n) is 8.81. The Morgan fingerprint density at radius 1 is 0.607 bits per heavy atom. The van der Waals surface area contributed by atoms with Crippen LogP contribution in [0.5, 0.6) is 0 Å². The molecule has 0 spiro atoms. The molecule has 0 aromatic carbocycles. The molecule has 0 aliphatic heterocycles. The van der Waals surface area contributed by atoms with Gasteiger partial charge in [0, 0.05) is 12.5 Å². The van der Waals surface area contributed by atoms with Crippen LogP contribution in [0.3, 0.4) is 0 Å². The Hall–Kier alpha value is -2.55. The topological polar surface area (TPSA) is 108 Å². The van der Waals surface area contributed by atoms with Gasteiger partial charge in [-0.1, -0.05) is 158 Å². The Balaban J connectivity index is 4.59. The van der Waals surface area contributed by atoms with Gasteiger partial charge < -0.3 is 18.9 Å². The van der Waals surface area contributed by atoms with Crippen molar-refractivity contribution < 1.29 is 42.1 Å². The molecular weight excluding hydrogens is 725 g/mol. The number of phosphoric acid groups is 1. The third-order valence-corrected chi connectivity index (χ3v) is 9.80. The molecule has 0 radical (unpaired) electrons. The normalized spacial score (nSPS) is 14.3. The third kappa shape index (κ3) is 41.1. The average Bonchev–Trinajstić information content (AvgIpc) is 3.15. The number of esters is 2. The van der Waals surface area contributed by atoms with Gasteiger partial charge >= 0.3 is 19.8 Å². The van der Waals surface area contributed by atoms with E-state index >= 15 is 0 Å². The highest BCUT2D eigenvalue weighted by atomic mass is 31.2. The van der Waals surface area contributed by atoms with Gasteiger partial charge in [-0.2, -0.15) is 0 Å². The zero-order valence-corrected chi connectivity index (χ0v) is 37.0. The van der Waals surface area contributed by atoms with Crippen LogP contribution < -0.4 is 0 Å². The van der Waals surface area contributed by atoms with Crippen molar-refractivity contribution in [2.75, 3.05) is 47.5 Å². The lowest BCUT2D eigenvalue weighted by Crippen LogP contribution is -2.37. The molecule has 0 saturated carbocycles. The molecule has 0 aliphatic rings. The first-order valence-corrected chi connectivity index (χ1v) is 23.2. The second-order valence-corrected chi connectivity index (χ2v) is 16.9. The van der Waals surface area contributed by atoms with Crippen LogP contribution in [0.25, 0.3) is 0 Å². The number of allylic oxidation sites excluding steroid dienone is 11. The van der Waals surface area contributed by atoms with E-state index in [2.05, 4.69) is 56.4 Å². The highest BCUT2D eigenvalue weighted by Gasteiger charge is 2.26. The second kappa shape index (κ2) is 38.0. The Kier molecular flexibility index (Phi) is 36.3. The molecule has 0 bridgehead atoms. The van der Waals surface area contributed by atoms with Crippen molar-refractivity contribution in [1.82, 2.24) is 0 Å². The number of hydrogen-bond donors (Lipinski definition) is 1. The summed E-state index contributed by atoms with van der Waals surface area (Å²) >= 11 is 0. The van der Waals surface area contributed by atoms with Crippen molar-refractivity contribution in [3.05, 3.63) is 72.9 Å². The number of unbranched alkanes of at least 4 members (excludes halogenated alkanes) is 15. The maximum Gasteiger partial charge on any atom is 0.472 e. The van der Waals surface area contributed by atoms with Crippen LogP contribution in [0.1, 0.15) is 155 Å². The van der Waals surface area contributed by atoms with Gasteiger partial charge in [0.05, 0.1) is 27.7 Å². The minimum absolute atomic E-state index is 0.00572. The van der Waals surface area contributed by atoms with Gasteiger partial charge in [0.15, 0.2) is 6.10 Å². The van der Waals surface area contributed by atoms with Crippen molar-refractivity contribution in [3.63, 3.8) is 0 Å². The number of carbonyl (C=O) groups excluding carboxylic acids is 2. The van der Waals surface area contributed by atoms with Crippen LogP contribution in [-0.4, -0.2) is 74.9 Å². The quantitative estimate of drug-likeness (QED) is 0.0125. The lowest BCUT2D eigenvalue weighted by Gasteiger charge is -2.24. The first-order chi connectivity index (χ1) is 27.0. The van der Waals surface area contributed by atoms with Crippen LogP contribution in [0.4, 0.5) is 0 Å². The lowest BCUT2D eigenvalue weighted by atomic mass is 10.1. The van der Waals surface area contributed by atoms with Gasteiger partial charge in [0.2, 0.25) is 0 Å². The molecule has 0 amide bonds. The standard InChI is InChI=1S/C46H80NO8P/c1-6-8-10-12-14-16-18-20-22-23-25-27-29-31-33-35-37-39-46(49)55-44(43-54-56(50,51)53-41-40-47(3,4)5)42-52-45(48)38-36-34-32-30-28-26-24-21-19-17-15-13-11-9-7-2/h14,16,20,22,25,27,31-34,36,38,44H,6-13,15,17-19,21,23-24,26,28-30,35,37,39-43H2,1-5H3/p+1/b16-14+,22-20+,27-25+,33-31+,34-32+,38-36+/t44-/m1/s1. The van der Waals surface area contributed by atoms with Crippen LogP contribution in [0.15, 0.2) is 72.9 Å². The smallest absolute Gasteiger partial charge is 0.458 e. The summed E-state index contributed by atoms with van der Waals surface area (Å²) < 4.78 is 34.0. The Labute approximate surface area is 342 Å². The molecule has 0 fully saturated rings. The monoisotopic (exact) mass is 807 g/mol. The fourth-order valence-corrected chi connectivity index (χ4v) is 6.13. The molecule has 1 unspecified atom stereocenters. The van der Waals surface area contributed by atoms with E-state index in [0.29, 0.717) is 23.9 Å². The Morgan fingerprint density at radius 3 is 1.66 bits per heavy atom. The summed E-state index contributed by atoms with van der Waals surface area (Å²) in [5.74, 6) is -1.12. The number of quaternary nitrogens is 1. The van der Waals surface area contributed by atoms with Gasteiger partial charge in [-0.15, -0.1) is 0 Å². The van der Waals surface area contributed by atoms with E-state index in [1.165, 1.54) is 96.0 Å². The van der Waals surface area contributed by atoms with Crippen LogP contribution in [0, 0.1) is 0 Å². The van der Waals surface area contributed by atoms with Gasteiger partial charge in [0.1, 0.15) is 19.8 Å². The molecule has 0 heterocycles. The lowest BCUT2D eigenvalue weighted by molar-refractivity contribution is -0.870. The number of phosphoric ester groups is 1. The molecular formula is C46H81NO8P+. The van der Waals surface area contributed by atoms with Gasteiger partial charge in [-0.05, 0) is 57.8 Å². The van der Waals surface area contributed by atoms with E-state index in [9.17, 15) is 19.0 Å². The minimum atomic E-state index is -4.41. The van der Waals surface area contributed by atoms with Crippen molar-refractivity contribution in [2.24, 2.45) is 0 Å². The number of carbonyl (C=O) groups is 2. The average molecular weight is 807 g/mol. The van der Waals surface area contributed by atoms with E-state index in [-0.39, 0.29) is 19.6 Å². The van der Waals surface area contributed by atoms with Crippen molar-refractivity contribution >= 4 is 19.8 Å². The molecule has 0 saturated heterocycles. The summed E-state index contributed by atoms with van der Waals surface area (Å²) in [7, 11) is 1.39. The molecule has 0 aromatic heterocycles. The fourth-order valence-electron chi connectivity index (χ4n) is 5.39. The number of nitrogens with zero attached hydrogens (tertiary/aromatic N) is 1. The summed E-state index contributed by atoms with van der Waals surface area (Å²) in [6, 6.07) is 0. The molecule has 9 nitrogen and oxygen atoms in total. The summed E-state index contributed by atoms with van der Waals surface area (Å²) in [4.78, 5) is 35.2. The van der Waals surface area contributed by atoms with Crippen LogP contribution in [-0.2, 0) is 32.7 Å². The van der Waals surface area contributed by atoms with Crippen molar-refractivity contribution in [2.45, 2.75) is 161 Å². The summed E-state index contributed by atoms with van der Waals surface area (Å²) in [6.07, 6.45) is 47.3. The maximum absolute atomic E-state index is 12.6. The van der Waals surface area contributed by atoms with Gasteiger partial charge in [-0.3, -0.25) is 13.8 Å². The minimum Gasteiger partial charge on any atom is -0.458 e.